The van der Waals surface area contributed by atoms with Crippen molar-refractivity contribution in [2.45, 2.75) is 51.4 Å². The molecule has 3 unspecified atom stereocenters. The minimum atomic E-state index is 0.949. The first-order chi connectivity index (χ1) is 7.43. The Bertz CT molecular complexity index is 284. The number of fused-ring (bicyclic) bond motifs is 2. The molecule has 3 atom stereocenters. The highest BCUT2D eigenvalue weighted by molar-refractivity contribution is 5.22. The fraction of sp³-hybridized carbons (Fsp3) is 0.733. The second-order valence-electron chi connectivity index (χ2n) is 5.61. The molecule has 0 saturated heterocycles. The van der Waals surface area contributed by atoms with Crippen LogP contribution in [0.2, 0.25) is 0 Å². The predicted octanol–water partition coefficient (Wildman–Crippen LogP) is 4.48. The van der Waals surface area contributed by atoms with Crippen molar-refractivity contribution in [3.05, 3.63) is 23.8 Å². The fourth-order valence-corrected chi connectivity index (χ4v) is 3.84. The van der Waals surface area contributed by atoms with E-state index in [2.05, 4.69) is 18.2 Å². The van der Waals surface area contributed by atoms with Crippen molar-refractivity contribution in [2.75, 3.05) is 0 Å². The van der Waals surface area contributed by atoms with Crippen molar-refractivity contribution in [2.24, 2.45) is 17.8 Å². The summed E-state index contributed by atoms with van der Waals surface area (Å²) in [5.74, 6) is 2.93. The zero-order chi connectivity index (χ0) is 10.1. The van der Waals surface area contributed by atoms with Gasteiger partial charge in [-0.05, 0) is 69.1 Å². The molecular formula is C15H22. The predicted molar refractivity (Wildman–Crippen MR) is 64.6 cm³/mol. The average Bonchev–Trinajstić information content (AvgIpc) is 2.78. The Morgan fingerprint density at radius 2 is 1.80 bits per heavy atom. The smallest absolute Gasteiger partial charge is 0.0195 e. The van der Waals surface area contributed by atoms with Crippen LogP contribution in [0.1, 0.15) is 51.4 Å². The van der Waals surface area contributed by atoms with Gasteiger partial charge >= 0.3 is 0 Å². The second kappa shape index (κ2) is 4.15. The second-order valence-corrected chi connectivity index (χ2v) is 5.61. The summed E-state index contributed by atoms with van der Waals surface area (Å²) in [6, 6.07) is 0. The van der Waals surface area contributed by atoms with Crippen LogP contribution in [0, 0.1) is 17.8 Å². The summed E-state index contributed by atoms with van der Waals surface area (Å²) in [6.07, 6.45) is 18.9. The van der Waals surface area contributed by atoms with E-state index in [-0.39, 0.29) is 0 Å². The SMILES string of the molecule is C1=C(C2CC/C=C\CCC2)C2CCC1C2. The van der Waals surface area contributed by atoms with E-state index >= 15 is 0 Å². The van der Waals surface area contributed by atoms with E-state index < -0.39 is 0 Å². The maximum atomic E-state index is 2.66. The van der Waals surface area contributed by atoms with Gasteiger partial charge in [-0.15, -0.1) is 0 Å². The summed E-state index contributed by atoms with van der Waals surface area (Å²) in [4.78, 5) is 0. The van der Waals surface area contributed by atoms with Gasteiger partial charge in [-0.25, -0.2) is 0 Å². The lowest BCUT2D eigenvalue weighted by Gasteiger charge is -2.24. The normalized spacial score (nSPS) is 42.1. The van der Waals surface area contributed by atoms with E-state index in [1.165, 1.54) is 51.4 Å². The molecule has 0 aromatic rings. The Kier molecular flexibility index (Phi) is 2.68. The molecule has 0 nitrogen and oxygen atoms in total. The number of allylic oxidation sites excluding steroid dienone is 4. The van der Waals surface area contributed by atoms with Crippen molar-refractivity contribution >= 4 is 0 Å². The minimum Gasteiger partial charge on any atom is -0.0885 e. The highest BCUT2D eigenvalue weighted by Crippen LogP contribution is 2.48. The molecule has 1 fully saturated rings. The van der Waals surface area contributed by atoms with Crippen LogP contribution in [0.4, 0.5) is 0 Å². The number of hydrogen-bond donors (Lipinski definition) is 0. The average molecular weight is 202 g/mol. The maximum absolute atomic E-state index is 2.66. The summed E-state index contributed by atoms with van der Waals surface area (Å²) in [6.45, 7) is 0. The zero-order valence-electron chi connectivity index (χ0n) is 9.62. The van der Waals surface area contributed by atoms with Crippen LogP contribution in [0.15, 0.2) is 23.8 Å². The van der Waals surface area contributed by atoms with Crippen molar-refractivity contribution < 1.29 is 0 Å². The van der Waals surface area contributed by atoms with Gasteiger partial charge in [0.2, 0.25) is 0 Å². The van der Waals surface area contributed by atoms with Crippen LogP contribution in [0.5, 0.6) is 0 Å². The fourth-order valence-electron chi connectivity index (χ4n) is 3.84. The van der Waals surface area contributed by atoms with E-state index in [0.29, 0.717) is 0 Å². The van der Waals surface area contributed by atoms with Gasteiger partial charge in [-0.3, -0.25) is 0 Å². The third-order valence-corrected chi connectivity index (χ3v) is 4.62. The highest BCUT2D eigenvalue weighted by atomic mass is 14.4. The molecule has 0 spiro atoms. The first-order valence-corrected chi connectivity index (χ1v) is 6.80. The summed E-state index contributed by atoms with van der Waals surface area (Å²) in [7, 11) is 0. The van der Waals surface area contributed by atoms with Gasteiger partial charge in [0.1, 0.15) is 0 Å². The molecule has 0 aromatic heterocycles. The first kappa shape index (κ1) is 9.69. The van der Waals surface area contributed by atoms with Crippen molar-refractivity contribution in [3.63, 3.8) is 0 Å². The Morgan fingerprint density at radius 3 is 2.60 bits per heavy atom. The van der Waals surface area contributed by atoms with Crippen molar-refractivity contribution in [1.29, 1.82) is 0 Å². The third kappa shape index (κ3) is 1.91. The molecule has 82 valence electrons. The molecule has 0 heteroatoms. The van der Waals surface area contributed by atoms with E-state index in [0.717, 1.165) is 17.8 Å². The van der Waals surface area contributed by atoms with Gasteiger partial charge in [0, 0.05) is 0 Å². The Labute approximate surface area is 93.5 Å². The molecule has 0 aliphatic heterocycles. The van der Waals surface area contributed by atoms with Crippen LogP contribution >= 0.6 is 0 Å². The standard InChI is InChI=1S/C15H22/c1-2-4-6-13(7-5-3-1)15-11-12-8-9-14(15)10-12/h1-2,11-14H,3-10H2/b2-1-. The maximum Gasteiger partial charge on any atom is -0.0195 e. The molecule has 0 N–H and O–H groups in total. The Hall–Kier alpha value is -0.520. The van der Waals surface area contributed by atoms with E-state index in [1.54, 1.807) is 0 Å². The molecule has 3 aliphatic carbocycles. The molecule has 15 heavy (non-hydrogen) atoms. The minimum absolute atomic E-state index is 0.949. The van der Waals surface area contributed by atoms with Crippen LogP contribution in [0.25, 0.3) is 0 Å². The molecule has 0 radical (unpaired) electrons. The van der Waals surface area contributed by atoms with Gasteiger partial charge < -0.3 is 0 Å². The van der Waals surface area contributed by atoms with Crippen LogP contribution in [-0.2, 0) is 0 Å². The highest BCUT2D eigenvalue weighted by Gasteiger charge is 2.35. The largest absolute Gasteiger partial charge is 0.0885 e. The van der Waals surface area contributed by atoms with Crippen LogP contribution in [-0.4, -0.2) is 0 Å². The molecule has 1 saturated carbocycles. The topological polar surface area (TPSA) is 0 Å². The van der Waals surface area contributed by atoms with Gasteiger partial charge in [-0.2, -0.15) is 0 Å². The summed E-state index contributed by atoms with van der Waals surface area (Å²) in [5, 5.41) is 0. The van der Waals surface area contributed by atoms with Crippen molar-refractivity contribution in [1.82, 2.24) is 0 Å². The molecule has 0 aromatic carbocycles. The molecular weight excluding hydrogens is 180 g/mol. The summed E-state index contributed by atoms with van der Waals surface area (Å²) < 4.78 is 0. The Balaban J connectivity index is 1.70. The zero-order valence-corrected chi connectivity index (χ0v) is 9.62. The van der Waals surface area contributed by atoms with Crippen LogP contribution in [0.3, 0.4) is 0 Å². The van der Waals surface area contributed by atoms with E-state index in [4.69, 9.17) is 0 Å². The van der Waals surface area contributed by atoms with E-state index in [1.807, 2.05) is 5.57 Å². The monoisotopic (exact) mass is 202 g/mol. The molecule has 2 bridgehead atoms. The lowest BCUT2D eigenvalue weighted by atomic mass is 9.81. The van der Waals surface area contributed by atoms with Crippen molar-refractivity contribution in [3.8, 4) is 0 Å². The van der Waals surface area contributed by atoms with E-state index in [9.17, 15) is 0 Å². The molecule has 0 heterocycles. The summed E-state index contributed by atoms with van der Waals surface area (Å²) >= 11 is 0. The third-order valence-electron chi connectivity index (χ3n) is 4.62. The van der Waals surface area contributed by atoms with Gasteiger partial charge in [-0.1, -0.05) is 23.8 Å². The summed E-state index contributed by atoms with van der Waals surface area (Å²) in [5.41, 5.74) is 1.88. The van der Waals surface area contributed by atoms with Crippen LogP contribution < -0.4 is 0 Å². The molecule has 0 amide bonds. The van der Waals surface area contributed by atoms with Gasteiger partial charge in [0.25, 0.3) is 0 Å². The van der Waals surface area contributed by atoms with Gasteiger partial charge in [0.15, 0.2) is 0 Å². The number of hydrogen-bond acceptors (Lipinski definition) is 0. The lowest BCUT2D eigenvalue weighted by molar-refractivity contribution is 0.444. The number of rotatable bonds is 1. The molecule has 3 aliphatic rings. The quantitative estimate of drug-likeness (QED) is 0.550. The van der Waals surface area contributed by atoms with Gasteiger partial charge in [0.05, 0.1) is 0 Å². The first-order valence-electron chi connectivity index (χ1n) is 6.80. The Morgan fingerprint density at radius 1 is 0.867 bits per heavy atom. The molecule has 3 rings (SSSR count). The lowest BCUT2D eigenvalue weighted by Crippen LogP contribution is -2.11.